The predicted octanol–water partition coefficient (Wildman–Crippen LogP) is 2.54. The van der Waals surface area contributed by atoms with Gasteiger partial charge in [0.1, 0.15) is 11.6 Å². The summed E-state index contributed by atoms with van der Waals surface area (Å²) in [6, 6.07) is 6.16. The Kier molecular flexibility index (Phi) is 4.30. The number of nitrogens with zero attached hydrogens (tertiary/aromatic N) is 1. The lowest BCUT2D eigenvalue weighted by atomic mass is 9.87. The molecule has 1 aliphatic carbocycles. The third-order valence-corrected chi connectivity index (χ3v) is 3.60. The normalized spacial score (nSPS) is 16.4. The molecule has 19 heavy (non-hydrogen) atoms. The number of ketones is 1. The van der Waals surface area contributed by atoms with Crippen LogP contribution < -0.4 is 0 Å². The Balaban J connectivity index is 1.92. The minimum absolute atomic E-state index is 0.0388. The minimum atomic E-state index is -0.275. The van der Waals surface area contributed by atoms with Gasteiger partial charge < -0.3 is 4.90 Å². The van der Waals surface area contributed by atoms with Crippen LogP contribution in [-0.4, -0.2) is 23.6 Å². The summed E-state index contributed by atoms with van der Waals surface area (Å²) in [6.45, 7) is 0.476. The van der Waals surface area contributed by atoms with E-state index >= 15 is 0 Å². The first-order valence-corrected chi connectivity index (χ1v) is 6.57. The number of carbonyl (C=O) groups is 2. The van der Waals surface area contributed by atoms with E-state index < -0.39 is 0 Å². The molecule has 0 aliphatic heterocycles. The van der Waals surface area contributed by atoms with E-state index in [1.807, 2.05) is 0 Å². The number of carbonyl (C=O) groups excluding carboxylic acids is 2. The van der Waals surface area contributed by atoms with E-state index in [1.54, 1.807) is 24.1 Å². The molecule has 0 bridgehead atoms. The maximum absolute atomic E-state index is 12.8. The lowest BCUT2D eigenvalue weighted by molar-refractivity contribution is -0.136. The number of rotatable bonds is 3. The van der Waals surface area contributed by atoms with Crippen molar-refractivity contribution in [3.63, 3.8) is 0 Å². The number of amides is 1. The van der Waals surface area contributed by atoms with E-state index in [0.717, 1.165) is 5.56 Å². The summed E-state index contributed by atoms with van der Waals surface area (Å²) in [5, 5.41) is 0. The van der Waals surface area contributed by atoms with Crippen molar-refractivity contribution < 1.29 is 14.0 Å². The van der Waals surface area contributed by atoms with Crippen LogP contribution in [0.25, 0.3) is 0 Å². The summed E-state index contributed by atoms with van der Waals surface area (Å²) in [7, 11) is 1.75. The second-order valence-corrected chi connectivity index (χ2v) is 5.13. The predicted molar refractivity (Wildman–Crippen MR) is 69.8 cm³/mol. The zero-order valence-electron chi connectivity index (χ0n) is 11.1. The molecule has 0 N–H and O–H groups in total. The molecule has 0 radical (unpaired) electrons. The first kappa shape index (κ1) is 13.7. The van der Waals surface area contributed by atoms with Gasteiger partial charge in [0.05, 0.1) is 0 Å². The van der Waals surface area contributed by atoms with Gasteiger partial charge in [-0.2, -0.15) is 0 Å². The number of hydrogen-bond donors (Lipinski definition) is 0. The first-order chi connectivity index (χ1) is 9.06. The van der Waals surface area contributed by atoms with Crippen molar-refractivity contribution in [3.8, 4) is 0 Å². The standard InChI is InChI=1S/C15H18FNO2/c1-17(10-11-2-6-13(16)7-3-11)15(19)12-4-8-14(18)9-5-12/h2-3,6-7,12H,4-5,8-10H2,1H3. The minimum Gasteiger partial charge on any atom is -0.341 e. The van der Waals surface area contributed by atoms with E-state index in [-0.39, 0.29) is 23.4 Å². The van der Waals surface area contributed by atoms with Crippen molar-refractivity contribution in [2.75, 3.05) is 7.05 Å². The van der Waals surface area contributed by atoms with Crippen molar-refractivity contribution in [1.29, 1.82) is 0 Å². The van der Waals surface area contributed by atoms with Crippen LogP contribution in [0.5, 0.6) is 0 Å². The van der Waals surface area contributed by atoms with Crippen LogP contribution in [0.1, 0.15) is 31.2 Å². The van der Waals surface area contributed by atoms with E-state index in [9.17, 15) is 14.0 Å². The van der Waals surface area contributed by atoms with Crippen molar-refractivity contribution in [2.24, 2.45) is 5.92 Å². The molecule has 1 aromatic carbocycles. The molecule has 1 amide bonds. The lowest BCUT2D eigenvalue weighted by Crippen LogP contribution is -2.34. The number of hydrogen-bond acceptors (Lipinski definition) is 2. The van der Waals surface area contributed by atoms with Gasteiger partial charge in [0, 0.05) is 32.4 Å². The van der Waals surface area contributed by atoms with Crippen LogP contribution in [-0.2, 0) is 16.1 Å². The Morgan fingerprint density at radius 3 is 2.42 bits per heavy atom. The summed E-state index contributed by atoms with van der Waals surface area (Å²) in [4.78, 5) is 25.0. The van der Waals surface area contributed by atoms with E-state index in [2.05, 4.69) is 0 Å². The van der Waals surface area contributed by atoms with Gasteiger partial charge in [0.2, 0.25) is 5.91 Å². The smallest absolute Gasteiger partial charge is 0.225 e. The number of Topliss-reactive ketones (excluding diaryl/α,β-unsaturated/α-hetero) is 1. The van der Waals surface area contributed by atoms with Gasteiger partial charge in [-0.25, -0.2) is 4.39 Å². The van der Waals surface area contributed by atoms with Crippen LogP contribution in [0.4, 0.5) is 4.39 Å². The molecule has 0 spiro atoms. The molecular formula is C15H18FNO2. The maximum Gasteiger partial charge on any atom is 0.225 e. The molecule has 1 fully saturated rings. The summed E-state index contributed by atoms with van der Waals surface area (Å²) in [5.74, 6) is 0.0220. The Labute approximate surface area is 112 Å². The molecule has 2 rings (SSSR count). The van der Waals surface area contributed by atoms with Crippen molar-refractivity contribution >= 4 is 11.7 Å². The quantitative estimate of drug-likeness (QED) is 0.840. The molecule has 1 aromatic rings. The Bertz CT molecular complexity index is 460. The molecular weight excluding hydrogens is 245 g/mol. The van der Waals surface area contributed by atoms with Gasteiger partial charge in [-0.1, -0.05) is 12.1 Å². The highest BCUT2D eigenvalue weighted by Crippen LogP contribution is 2.23. The Hall–Kier alpha value is -1.71. The molecule has 0 heterocycles. The molecule has 4 heteroatoms. The Morgan fingerprint density at radius 2 is 1.84 bits per heavy atom. The molecule has 0 saturated heterocycles. The van der Waals surface area contributed by atoms with E-state index in [4.69, 9.17) is 0 Å². The second-order valence-electron chi connectivity index (χ2n) is 5.13. The summed E-state index contributed by atoms with van der Waals surface area (Å²) < 4.78 is 12.8. The van der Waals surface area contributed by atoms with Crippen LogP contribution in [0.3, 0.4) is 0 Å². The highest BCUT2D eigenvalue weighted by molar-refractivity contribution is 5.84. The molecule has 0 atom stereocenters. The van der Waals surface area contributed by atoms with Gasteiger partial charge >= 0.3 is 0 Å². The molecule has 1 saturated carbocycles. The average molecular weight is 263 g/mol. The van der Waals surface area contributed by atoms with Gasteiger partial charge in [-0.3, -0.25) is 9.59 Å². The lowest BCUT2D eigenvalue weighted by Gasteiger charge is -2.26. The second kappa shape index (κ2) is 5.95. The SMILES string of the molecule is CN(Cc1ccc(F)cc1)C(=O)C1CCC(=O)CC1. The molecule has 3 nitrogen and oxygen atoms in total. The molecule has 0 unspecified atom stereocenters. The maximum atomic E-state index is 12.8. The Morgan fingerprint density at radius 1 is 1.26 bits per heavy atom. The van der Waals surface area contributed by atoms with Crippen LogP contribution in [0.2, 0.25) is 0 Å². The fraction of sp³-hybridized carbons (Fsp3) is 0.467. The highest BCUT2D eigenvalue weighted by Gasteiger charge is 2.26. The summed E-state index contributed by atoms with van der Waals surface area (Å²) in [5.41, 5.74) is 0.907. The summed E-state index contributed by atoms with van der Waals surface area (Å²) in [6.07, 6.45) is 2.35. The number of halogens is 1. The van der Waals surface area contributed by atoms with Crippen molar-refractivity contribution in [3.05, 3.63) is 35.6 Å². The topological polar surface area (TPSA) is 37.4 Å². The van der Waals surface area contributed by atoms with Gasteiger partial charge in [0.15, 0.2) is 0 Å². The molecule has 0 aromatic heterocycles. The highest BCUT2D eigenvalue weighted by atomic mass is 19.1. The van der Waals surface area contributed by atoms with Gasteiger partial charge in [0.25, 0.3) is 0 Å². The number of benzene rings is 1. The van der Waals surface area contributed by atoms with Crippen LogP contribution in [0, 0.1) is 11.7 Å². The molecule has 102 valence electrons. The third kappa shape index (κ3) is 3.63. The largest absolute Gasteiger partial charge is 0.341 e. The van der Waals surface area contributed by atoms with E-state index in [0.29, 0.717) is 32.2 Å². The van der Waals surface area contributed by atoms with Gasteiger partial charge in [-0.05, 0) is 30.5 Å². The zero-order valence-corrected chi connectivity index (χ0v) is 11.1. The van der Waals surface area contributed by atoms with E-state index in [1.165, 1.54) is 12.1 Å². The van der Waals surface area contributed by atoms with Crippen LogP contribution >= 0.6 is 0 Å². The fourth-order valence-electron chi connectivity index (χ4n) is 2.44. The van der Waals surface area contributed by atoms with Crippen LogP contribution in [0.15, 0.2) is 24.3 Å². The fourth-order valence-corrected chi connectivity index (χ4v) is 2.44. The van der Waals surface area contributed by atoms with Crippen molar-refractivity contribution in [2.45, 2.75) is 32.2 Å². The first-order valence-electron chi connectivity index (χ1n) is 6.57. The monoisotopic (exact) mass is 263 g/mol. The van der Waals surface area contributed by atoms with Crippen molar-refractivity contribution in [1.82, 2.24) is 4.90 Å². The average Bonchev–Trinajstić information content (AvgIpc) is 2.41. The molecule has 1 aliphatic rings. The van der Waals surface area contributed by atoms with Gasteiger partial charge in [-0.15, -0.1) is 0 Å². The summed E-state index contributed by atoms with van der Waals surface area (Å²) >= 11 is 0. The third-order valence-electron chi connectivity index (χ3n) is 3.60. The zero-order chi connectivity index (χ0) is 13.8.